The molecule has 1 aliphatic rings. The molecular formula is C14H19ClN4O3. The van der Waals surface area contributed by atoms with Crippen molar-refractivity contribution in [2.45, 2.75) is 26.4 Å². The van der Waals surface area contributed by atoms with Gasteiger partial charge in [0.1, 0.15) is 5.75 Å². The number of rotatable bonds is 3. The molecule has 0 saturated heterocycles. The number of likely N-dealkylation sites (N-methyl/N-ethyl adjacent to an activating group) is 1. The minimum absolute atomic E-state index is 0. The van der Waals surface area contributed by atoms with Gasteiger partial charge in [0.15, 0.2) is 12.1 Å². The fourth-order valence-corrected chi connectivity index (χ4v) is 2.23. The SMILES string of the molecule is CC[C@@H]1Oc2cc(C(=O)N=C(N)N)ccc2N(CC)C1=O.Cl. The van der Waals surface area contributed by atoms with Gasteiger partial charge in [-0.3, -0.25) is 9.59 Å². The lowest BCUT2D eigenvalue weighted by molar-refractivity contribution is -0.126. The van der Waals surface area contributed by atoms with E-state index in [0.29, 0.717) is 30.0 Å². The van der Waals surface area contributed by atoms with Crippen LogP contribution in [0.5, 0.6) is 5.75 Å². The highest BCUT2D eigenvalue weighted by molar-refractivity contribution is 6.04. The van der Waals surface area contributed by atoms with Crippen LogP contribution in [0, 0.1) is 0 Å². The average Bonchev–Trinajstić information content (AvgIpc) is 2.45. The van der Waals surface area contributed by atoms with Crippen LogP contribution in [0.15, 0.2) is 23.2 Å². The quantitative estimate of drug-likeness (QED) is 0.637. The molecule has 1 aliphatic heterocycles. The number of anilines is 1. The Bertz CT molecular complexity index is 614. The Kier molecular flexibility index (Phi) is 5.76. The van der Waals surface area contributed by atoms with Crippen molar-refractivity contribution < 1.29 is 14.3 Å². The molecule has 1 aromatic rings. The zero-order valence-electron chi connectivity index (χ0n) is 12.4. The van der Waals surface area contributed by atoms with Crippen LogP contribution in [-0.4, -0.2) is 30.4 Å². The van der Waals surface area contributed by atoms with E-state index in [1.807, 2.05) is 13.8 Å². The maximum absolute atomic E-state index is 12.2. The fourth-order valence-electron chi connectivity index (χ4n) is 2.23. The summed E-state index contributed by atoms with van der Waals surface area (Å²) in [6.07, 6.45) is 0.0202. The molecule has 0 bridgehead atoms. The van der Waals surface area contributed by atoms with Gasteiger partial charge in [-0.25, -0.2) is 0 Å². The molecule has 2 rings (SSSR count). The second kappa shape index (κ2) is 7.13. The van der Waals surface area contributed by atoms with Gasteiger partial charge in [0.25, 0.3) is 11.8 Å². The molecule has 0 radical (unpaired) electrons. The van der Waals surface area contributed by atoms with Gasteiger partial charge in [-0.2, -0.15) is 4.99 Å². The highest BCUT2D eigenvalue weighted by Crippen LogP contribution is 2.35. The second-order valence-electron chi connectivity index (χ2n) is 4.62. The zero-order valence-corrected chi connectivity index (χ0v) is 13.2. The fraction of sp³-hybridized carbons (Fsp3) is 0.357. The molecular weight excluding hydrogens is 308 g/mol. The summed E-state index contributed by atoms with van der Waals surface area (Å²) in [5, 5.41) is 0. The summed E-state index contributed by atoms with van der Waals surface area (Å²) in [6, 6.07) is 4.79. The van der Waals surface area contributed by atoms with Crippen molar-refractivity contribution in [3.05, 3.63) is 23.8 Å². The molecule has 2 amide bonds. The number of nitrogens with two attached hydrogens (primary N) is 2. The number of halogens is 1. The predicted octanol–water partition coefficient (Wildman–Crippen LogP) is 1.05. The number of hydrogen-bond donors (Lipinski definition) is 2. The number of carbonyl (C=O) groups is 2. The number of amides is 2. The van der Waals surface area contributed by atoms with Crippen molar-refractivity contribution in [3.63, 3.8) is 0 Å². The molecule has 7 nitrogen and oxygen atoms in total. The smallest absolute Gasteiger partial charge is 0.280 e. The van der Waals surface area contributed by atoms with Gasteiger partial charge in [-0.05, 0) is 31.5 Å². The first-order valence-corrected chi connectivity index (χ1v) is 6.74. The van der Waals surface area contributed by atoms with E-state index < -0.39 is 12.0 Å². The van der Waals surface area contributed by atoms with Crippen molar-refractivity contribution in [2.75, 3.05) is 11.4 Å². The van der Waals surface area contributed by atoms with Crippen molar-refractivity contribution in [1.29, 1.82) is 0 Å². The van der Waals surface area contributed by atoms with Gasteiger partial charge in [0.05, 0.1) is 5.69 Å². The molecule has 4 N–H and O–H groups in total. The molecule has 1 atom stereocenters. The van der Waals surface area contributed by atoms with Gasteiger partial charge >= 0.3 is 0 Å². The molecule has 0 saturated carbocycles. The van der Waals surface area contributed by atoms with Crippen molar-refractivity contribution >= 4 is 35.9 Å². The number of guanidine groups is 1. The van der Waals surface area contributed by atoms with E-state index in [-0.39, 0.29) is 24.3 Å². The maximum Gasteiger partial charge on any atom is 0.280 e. The van der Waals surface area contributed by atoms with E-state index in [0.717, 1.165) is 0 Å². The van der Waals surface area contributed by atoms with Gasteiger partial charge < -0.3 is 21.1 Å². The summed E-state index contributed by atoms with van der Waals surface area (Å²) in [6.45, 7) is 4.29. The zero-order chi connectivity index (χ0) is 15.6. The number of carbonyl (C=O) groups excluding carboxylic acids is 2. The van der Waals surface area contributed by atoms with Gasteiger partial charge in [0.2, 0.25) is 0 Å². The lowest BCUT2D eigenvalue weighted by atomic mass is 10.1. The monoisotopic (exact) mass is 326 g/mol. The van der Waals surface area contributed by atoms with Crippen LogP contribution in [0.3, 0.4) is 0 Å². The summed E-state index contributed by atoms with van der Waals surface area (Å²) in [5.41, 5.74) is 11.3. The minimum atomic E-state index is -0.547. The number of nitrogens with zero attached hydrogens (tertiary/aromatic N) is 2. The number of fused-ring (bicyclic) bond motifs is 1. The van der Waals surface area contributed by atoms with Crippen LogP contribution in [0.25, 0.3) is 0 Å². The molecule has 0 aromatic heterocycles. The van der Waals surface area contributed by atoms with Crippen LogP contribution >= 0.6 is 12.4 Å². The lowest BCUT2D eigenvalue weighted by Gasteiger charge is -2.33. The summed E-state index contributed by atoms with van der Waals surface area (Å²) < 4.78 is 5.67. The van der Waals surface area contributed by atoms with Crippen molar-refractivity contribution in [1.82, 2.24) is 0 Å². The predicted molar refractivity (Wildman–Crippen MR) is 86.6 cm³/mol. The highest BCUT2D eigenvalue weighted by Gasteiger charge is 2.32. The van der Waals surface area contributed by atoms with E-state index in [1.54, 1.807) is 23.1 Å². The van der Waals surface area contributed by atoms with Crippen molar-refractivity contribution in [2.24, 2.45) is 16.5 Å². The Balaban J connectivity index is 0.00000242. The summed E-state index contributed by atoms with van der Waals surface area (Å²) in [4.78, 5) is 29.1. The van der Waals surface area contributed by atoms with Crippen molar-refractivity contribution in [3.8, 4) is 5.75 Å². The summed E-state index contributed by atoms with van der Waals surface area (Å²) in [5.74, 6) is -0.430. The van der Waals surface area contributed by atoms with Crippen LogP contribution in [0.4, 0.5) is 5.69 Å². The van der Waals surface area contributed by atoms with E-state index >= 15 is 0 Å². The van der Waals surface area contributed by atoms with E-state index in [2.05, 4.69) is 4.99 Å². The van der Waals surface area contributed by atoms with E-state index in [9.17, 15) is 9.59 Å². The first kappa shape index (κ1) is 17.8. The summed E-state index contributed by atoms with van der Waals surface area (Å²) >= 11 is 0. The Labute approximate surface area is 134 Å². The molecule has 0 unspecified atom stereocenters. The van der Waals surface area contributed by atoms with Gasteiger partial charge in [0, 0.05) is 12.1 Å². The van der Waals surface area contributed by atoms with Crippen LogP contribution < -0.4 is 21.1 Å². The maximum atomic E-state index is 12.2. The first-order chi connectivity index (χ1) is 9.97. The molecule has 1 aromatic carbocycles. The number of hydrogen-bond acceptors (Lipinski definition) is 3. The van der Waals surface area contributed by atoms with Gasteiger partial charge in [-0.1, -0.05) is 6.92 Å². The molecule has 1 heterocycles. The van der Waals surface area contributed by atoms with Crippen LogP contribution in [0.2, 0.25) is 0 Å². The molecule has 0 aliphatic carbocycles. The first-order valence-electron chi connectivity index (χ1n) is 6.74. The molecule has 0 spiro atoms. The van der Waals surface area contributed by atoms with Crippen LogP contribution in [-0.2, 0) is 4.79 Å². The Morgan fingerprint density at radius 2 is 2.05 bits per heavy atom. The lowest BCUT2D eigenvalue weighted by Crippen LogP contribution is -2.45. The number of benzene rings is 1. The minimum Gasteiger partial charge on any atom is -0.478 e. The Morgan fingerprint density at radius 3 is 2.59 bits per heavy atom. The third kappa shape index (κ3) is 3.30. The number of ether oxygens (including phenoxy) is 1. The third-order valence-electron chi connectivity index (χ3n) is 3.23. The normalized spacial score (nSPS) is 16.2. The molecule has 120 valence electrons. The third-order valence-corrected chi connectivity index (χ3v) is 3.23. The average molecular weight is 327 g/mol. The molecule has 22 heavy (non-hydrogen) atoms. The van der Waals surface area contributed by atoms with E-state index in [1.165, 1.54) is 0 Å². The topological polar surface area (TPSA) is 111 Å². The largest absolute Gasteiger partial charge is 0.478 e. The highest BCUT2D eigenvalue weighted by atomic mass is 35.5. The standard InChI is InChI=1S/C14H18N4O3.ClH/c1-3-10-13(20)18(4-2)9-6-5-8(7-11(9)21-10)12(19)17-14(15)16;/h5-7,10H,3-4H2,1-2H3,(H4,15,16,17,19);1H/t10-;/m0./s1. The van der Waals surface area contributed by atoms with E-state index in [4.69, 9.17) is 16.2 Å². The molecule has 8 heteroatoms. The molecule has 0 fully saturated rings. The van der Waals surface area contributed by atoms with Gasteiger partial charge in [-0.15, -0.1) is 12.4 Å². The number of aliphatic imine (C=N–C) groups is 1. The van der Waals surface area contributed by atoms with Crippen LogP contribution in [0.1, 0.15) is 30.6 Å². The second-order valence-corrected chi connectivity index (χ2v) is 4.62. The Hall–Kier alpha value is -2.28. The summed E-state index contributed by atoms with van der Waals surface area (Å²) in [7, 11) is 0. The Morgan fingerprint density at radius 1 is 1.36 bits per heavy atom.